The summed E-state index contributed by atoms with van der Waals surface area (Å²) < 4.78 is 2.07. The van der Waals surface area contributed by atoms with Gasteiger partial charge in [-0.15, -0.1) is 0 Å². The van der Waals surface area contributed by atoms with Crippen LogP contribution in [0.4, 0.5) is 0 Å². The van der Waals surface area contributed by atoms with E-state index < -0.39 is 6.04 Å². The van der Waals surface area contributed by atoms with E-state index in [1.165, 1.54) is 0 Å². The average molecular weight is 305 g/mol. The molecule has 6 nitrogen and oxygen atoms in total. The average Bonchev–Trinajstić information content (AvgIpc) is 2.79. The number of hydrogen-bond donors (Lipinski definition) is 2. The van der Waals surface area contributed by atoms with Gasteiger partial charge in [0.1, 0.15) is 11.7 Å². The molecule has 0 aliphatic carbocycles. The smallest absolute Gasteiger partial charge is 0.243 e. The summed E-state index contributed by atoms with van der Waals surface area (Å²) in [5.41, 5.74) is 0.364. The summed E-state index contributed by atoms with van der Waals surface area (Å²) in [6, 6.07) is 5.04. The molecule has 1 amide bonds. The molecule has 2 heterocycles. The van der Waals surface area contributed by atoms with Crippen LogP contribution in [-0.2, 0) is 4.79 Å². The van der Waals surface area contributed by atoms with Crippen molar-refractivity contribution in [1.29, 1.82) is 0 Å². The van der Waals surface area contributed by atoms with Gasteiger partial charge in [0.2, 0.25) is 5.91 Å². The number of nitrogens with one attached hydrogen (secondary N) is 2. The maximum atomic E-state index is 12.4. The summed E-state index contributed by atoms with van der Waals surface area (Å²) in [4.78, 5) is 16.6. The number of amides is 1. The third-order valence-electron chi connectivity index (χ3n) is 2.86. The Morgan fingerprint density at radius 1 is 1.43 bits per heavy atom. The maximum absolute atomic E-state index is 12.4. The van der Waals surface area contributed by atoms with Crippen molar-refractivity contribution in [3.63, 3.8) is 0 Å². The van der Waals surface area contributed by atoms with Gasteiger partial charge >= 0.3 is 0 Å². The molecule has 2 aromatic heterocycles. The van der Waals surface area contributed by atoms with Crippen LogP contribution in [0, 0.1) is 4.77 Å². The third kappa shape index (κ3) is 3.55. The highest BCUT2D eigenvalue weighted by atomic mass is 32.1. The van der Waals surface area contributed by atoms with Gasteiger partial charge in [-0.2, -0.15) is 5.10 Å². The minimum atomic E-state index is -0.479. The van der Waals surface area contributed by atoms with Crippen LogP contribution in [0.1, 0.15) is 33.7 Å². The molecule has 0 aromatic carbocycles. The van der Waals surface area contributed by atoms with Crippen molar-refractivity contribution in [2.75, 3.05) is 0 Å². The Labute approximate surface area is 128 Å². The zero-order valence-electron chi connectivity index (χ0n) is 12.5. The topological polar surface area (TPSA) is 75.6 Å². The predicted molar refractivity (Wildman–Crippen MR) is 83.2 cm³/mol. The first-order valence-corrected chi connectivity index (χ1v) is 7.11. The monoisotopic (exact) mass is 305 g/mol. The van der Waals surface area contributed by atoms with Crippen molar-refractivity contribution in [3.05, 3.63) is 29.2 Å². The van der Waals surface area contributed by atoms with E-state index >= 15 is 0 Å². The lowest BCUT2D eigenvalue weighted by molar-refractivity contribution is -0.125. The number of pyridine rings is 1. The van der Waals surface area contributed by atoms with Crippen molar-refractivity contribution < 1.29 is 4.79 Å². The van der Waals surface area contributed by atoms with Crippen LogP contribution in [0.15, 0.2) is 24.4 Å². The van der Waals surface area contributed by atoms with Crippen molar-refractivity contribution in [2.45, 2.75) is 39.3 Å². The van der Waals surface area contributed by atoms with Gasteiger partial charge in [0, 0.05) is 11.7 Å². The van der Waals surface area contributed by atoms with Gasteiger partial charge in [-0.05, 0) is 52.0 Å². The second-order valence-corrected chi connectivity index (χ2v) is 6.24. The maximum Gasteiger partial charge on any atom is 0.243 e. The van der Waals surface area contributed by atoms with Crippen molar-refractivity contribution in [3.8, 4) is 11.5 Å². The number of H-pyrrole nitrogens is 1. The quantitative estimate of drug-likeness (QED) is 0.854. The Bertz CT molecular complexity index is 683. The summed E-state index contributed by atoms with van der Waals surface area (Å²) in [5.74, 6) is 0.439. The molecular formula is C14H19N5OS. The molecule has 21 heavy (non-hydrogen) atoms. The van der Waals surface area contributed by atoms with E-state index in [-0.39, 0.29) is 11.4 Å². The molecule has 2 N–H and O–H groups in total. The Balaban J connectivity index is 2.39. The fraction of sp³-hybridized carbons (Fsp3) is 0.429. The lowest BCUT2D eigenvalue weighted by atomic mass is 10.1. The first-order valence-electron chi connectivity index (χ1n) is 6.70. The number of carbonyl (C=O) groups is 1. The Morgan fingerprint density at radius 2 is 2.14 bits per heavy atom. The molecule has 2 rings (SSSR count). The molecule has 0 spiro atoms. The third-order valence-corrected chi connectivity index (χ3v) is 3.15. The fourth-order valence-corrected chi connectivity index (χ4v) is 2.22. The molecule has 0 radical (unpaired) electrons. The SMILES string of the molecule is CC(C(=O)NC(C)(C)C)n1c(-c2ccccn2)n[nH]c1=S. The van der Waals surface area contributed by atoms with E-state index in [0.29, 0.717) is 16.3 Å². The predicted octanol–water partition coefficient (Wildman–Crippen LogP) is 2.48. The van der Waals surface area contributed by atoms with Crippen LogP contribution in [0.2, 0.25) is 0 Å². The highest BCUT2D eigenvalue weighted by Gasteiger charge is 2.24. The second kappa shape index (κ2) is 5.77. The van der Waals surface area contributed by atoms with E-state index in [4.69, 9.17) is 12.2 Å². The van der Waals surface area contributed by atoms with Crippen LogP contribution in [-0.4, -0.2) is 31.2 Å². The molecule has 0 saturated carbocycles. The van der Waals surface area contributed by atoms with Crippen LogP contribution in [0.25, 0.3) is 11.5 Å². The van der Waals surface area contributed by atoms with Gasteiger partial charge in [0.05, 0.1) is 0 Å². The number of carbonyl (C=O) groups excluding carboxylic acids is 1. The van der Waals surface area contributed by atoms with Crippen LogP contribution < -0.4 is 5.32 Å². The van der Waals surface area contributed by atoms with Crippen molar-refractivity contribution in [2.24, 2.45) is 0 Å². The van der Waals surface area contributed by atoms with Crippen LogP contribution in [0.5, 0.6) is 0 Å². The van der Waals surface area contributed by atoms with E-state index in [2.05, 4.69) is 20.5 Å². The summed E-state index contributed by atoms with van der Waals surface area (Å²) >= 11 is 5.25. The highest BCUT2D eigenvalue weighted by molar-refractivity contribution is 7.71. The zero-order chi connectivity index (χ0) is 15.6. The number of nitrogens with zero attached hydrogens (tertiary/aromatic N) is 3. The Kier molecular flexibility index (Phi) is 4.22. The first-order chi connectivity index (χ1) is 9.79. The minimum Gasteiger partial charge on any atom is -0.350 e. The van der Waals surface area contributed by atoms with E-state index in [1.807, 2.05) is 39.0 Å². The number of rotatable bonds is 3. The van der Waals surface area contributed by atoms with Gasteiger partial charge in [0.25, 0.3) is 0 Å². The Morgan fingerprint density at radius 3 is 2.71 bits per heavy atom. The lowest BCUT2D eigenvalue weighted by Crippen LogP contribution is -2.43. The molecular weight excluding hydrogens is 286 g/mol. The van der Waals surface area contributed by atoms with Crippen molar-refractivity contribution in [1.82, 2.24) is 25.1 Å². The van der Waals surface area contributed by atoms with Crippen LogP contribution >= 0.6 is 12.2 Å². The number of aromatic nitrogens is 4. The van der Waals surface area contributed by atoms with Crippen LogP contribution in [0.3, 0.4) is 0 Å². The second-order valence-electron chi connectivity index (χ2n) is 5.85. The van der Waals surface area contributed by atoms with Gasteiger partial charge in [-0.3, -0.25) is 19.4 Å². The van der Waals surface area contributed by atoms with E-state index in [1.54, 1.807) is 17.7 Å². The van der Waals surface area contributed by atoms with Gasteiger partial charge in [0.15, 0.2) is 10.6 Å². The molecule has 0 aliphatic rings. The summed E-state index contributed by atoms with van der Waals surface area (Å²) in [7, 11) is 0. The highest BCUT2D eigenvalue weighted by Crippen LogP contribution is 2.19. The van der Waals surface area contributed by atoms with Gasteiger partial charge < -0.3 is 5.32 Å². The summed E-state index contributed by atoms with van der Waals surface area (Å²) in [5, 5.41) is 9.86. The van der Waals surface area contributed by atoms with Gasteiger partial charge in [-0.1, -0.05) is 6.07 Å². The molecule has 0 aliphatic heterocycles. The van der Waals surface area contributed by atoms with E-state index in [9.17, 15) is 4.79 Å². The molecule has 0 saturated heterocycles. The standard InChI is InChI=1S/C14H19N5OS/c1-9(12(20)16-14(2,3)4)19-11(17-18-13(19)21)10-7-5-6-8-15-10/h5-9H,1-4H3,(H,16,20)(H,18,21). The summed E-state index contributed by atoms with van der Waals surface area (Å²) in [6.07, 6.45) is 1.68. The molecule has 112 valence electrons. The molecule has 2 aromatic rings. The fourth-order valence-electron chi connectivity index (χ4n) is 1.93. The normalized spacial score (nSPS) is 13.0. The molecule has 1 atom stereocenters. The summed E-state index contributed by atoms with van der Waals surface area (Å²) in [6.45, 7) is 7.60. The number of hydrogen-bond acceptors (Lipinski definition) is 4. The molecule has 0 bridgehead atoms. The lowest BCUT2D eigenvalue weighted by Gasteiger charge is -2.24. The first kappa shape index (κ1) is 15.4. The minimum absolute atomic E-state index is 0.114. The molecule has 0 fully saturated rings. The molecule has 7 heteroatoms. The number of aromatic amines is 1. The van der Waals surface area contributed by atoms with E-state index in [0.717, 1.165) is 0 Å². The Hall–Kier alpha value is -2.02. The molecule has 1 unspecified atom stereocenters. The van der Waals surface area contributed by atoms with Crippen molar-refractivity contribution >= 4 is 18.1 Å². The zero-order valence-corrected chi connectivity index (χ0v) is 13.4. The van der Waals surface area contributed by atoms with Gasteiger partial charge in [-0.25, -0.2) is 0 Å². The largest absolute Gasteiger partial charge is 0.350 e.